The van der Waals surface area contributed by atoms with E-state index in [9.17, 15) is 14.4 Å². The Hall–Kier alpha value is -2.21. The van der Waals surface area contributed by atoms with Gasteiger partial charge >= 0.3 is 5.97 Å². The molecule has 1 unspecified atom stereocenters. The van der Waals surface area contributed by atoms with Crippen molar-refractivity contribution in [1.82, 2.24) is 10.2 Å². The van der Waals surface area contributed by atoms with E-state index in [0.717, 1.165) is 24.8 Å². The van der Waals surface area contributed by atoms with Crippen molar-refractivity contribution in [3.05, 3.63) is 35.9 Å². The monoisotopic (exact) mass is 414 g/mol. The lowest BCUT2D eigenvalue weighted by Crippen LogP contribution is -2.47. The minimum absolute atomic E-state index is 0.0876. The number of ether oxygens (including phenoxy) is 1. The first-order valence-corrected chi connectivity index (χ1v) is 11.0. The van der Waals surface area contributed by atoms with Gasteiger partial charge in [-0.2, -0.15) is 0 Å². The molecule has 6 heteroatoms. The van der Waals surface area contributed by atoms with Crippen LogP contribution in [0.5, 0.6) is 0 Å². The van der Waals surface area contributed by atoms with Gasteiger partial charge in [0.1, 0.15) is 0 Å². The smallest absolute Gasteiger partial charge is 0.307 e. The molecule has 1 saturated heterocycles. The number of benzene rings is 1. The Morgan fingerprint density at radius 3 is 2.40 bits per heavy atom. The molecule has 1 heterocycles. The number of nitrogens with one attached hydrogen (secondary N) is 1. The topological polar surface area (TPSA) is 75.7 Å². The molecule has 1 aromatic carbocycles. The molecule has 2 fully saturated rings. The zero-order valence-corrected chi connectivity index (χ0v) is 18.5. The molecule has 1 aliphatic heterocycles. The lowest BCUT2D eigenvalue weighted by atomic mass is 9.92. The molecular formula is C24H34N2O4. The Labute approximate surface area is 179 Å². The fraction of sp³-hybridized carbons (Fsp3) is 0.625. The Morgan fingerprint density at radius 1 is 1.20 bits per heavy atom. The van der Waals surface area contributed by atoms with E-state index in [4.69, 9.17) is 4.74 Å². The van der Waals surface area contributed by atoms with Crippen molar-refractivity contribution < 1.29 is 19.1 Å². The Balaban J connectivity index is 1.74. The van der Waals surface area contributed by atoms with E-state index in [1.807, 2.05) is 58.0 Å². The third kappa shape index (κ3) is 5.69. The summed E-state index contributed by atoms with van der Waals surface area (Å²) in [4.78, 5) is 39.4. The van der Waals surface area contributed by atoms with Gasteiger partial charge in [0.15, 0.2) is 0 Å². The molecule has 1 N–H and O–H groups in total. The van der Waals surface area contributed by atoms with Gasteiger partial charge in [-0.3, -0.25) is 19.3 Å². The van der Waals surface area contributed by atoms with Crippen molar-refractivity contribution in [2.45, 2.75) is 78.0 Å². The number of carbonyl (C=O) groups excluding carboxylic acids is 3. The van der Waals surface area contributed by atoms with Crippen LogP contribution < -0.4 is 5.32 Å². The van der Waals surface area contributed by atoms with Gasteiger partial charge in [-0.25, -0.2) is 0 Å². The highest BCUT2D eigenvalue weighted by molar-refractivity contribution is 6.05. The van der Waals surface area contributed by atoms with Crippen LogP contribution in [-0.2, 0) is 19.1 Å². The van der Waals surface area contributed by atoms with E-state index in [1.165, 1.54) is 4.90 Å². The van der Waals surface area contributed by atoms with Crippen molar-refractivity contribution in [3.63, 3.8) is 0 Å². The number of imide groups is 1. The van der Waals surface area contributed by atoms with E-state index < -0.39 is 5.41 Å². The molecule has 2 amide bonds. The predicted octanol–water partition coefficient (Wildman–Crippen LogP) is 3.61. The maximum atomic E-state index is 12.9. The quantitative estimate of drug-likeness (QED) is 0.468. The van der Waals surface area contributed by atoms with Crippen LogP contribution in [0.3, 0.4) is 0 Å². The molecule has 6 nitrogen and oxygen atoms in total. The second-order valence-electron chi connectivity index (χ2n) is 9.58. The van der Waals surface area contributed by atoms with E-state index >= 15 is 0 Å². The standard InChI is InChI=1S/C24H34N2O4/c1-16(2)30-22(28)13-20(18-8-6-5-7-9-18)25-15-19(12-17-10-11-17)26-21(27)14-24(3,4)23(26)29/h5-9,16-17,19-20,25H,10-15H2,1-4H3/t19?,20-/m0/s1. The third-order valence-electron chi connectivity index (χ3n) is 5.87. The molecular weight excluding hydrogens is 380 g/mol. The van der Waals surface area contributed by atoms with Gasteiger partial charge in [0.2, 0.25) is 11.8 Å². The second-order valence-corrected chi connectivity index (χ2v) is 9.58. The normalized spacial score (nSPS) is 20.5. The summed E-state index contributed by atoms with van der Waals surface area (Å²) in [6.45, 7) is 7.81. The van der Waals surface area contributed by atoms with E-state index in [0.29, 0.717) is 12.5 Å². The Morgan fingerprint density at radius 2 is 1.87 bits per heavy atom. The lowest BCUT2D eigenvalue weighted by molar-refractivity contribution is -0.148. The highest BCUT2D eigenvalue weighted by Gasteiger charge is 2.48. The molecule has 1 aliphatic carbocycles. The maximum Gasteiger partial charge on any atom is 0.307 e. The van der Waals surface area contributed by atoms with Gasteiger partial charge in [0.25, 0.3) is 0 Å². The average Bonchev–Trinajstić information content (AvgIpc) is 3.45. The molecule has 0 spiro atoms. The highest BCUT2D eigenvalue weighted by Crippen LogP contribution is 2.39. The number of nitrogens with zero attached hydrogens (tertiary/aromatic N) is 1. The largest absolute Gasteiger partial charge is 0.463 e. The first-order chi connectivity index (χ1) is 14.2. The Kier molecular flexibility index (Phi) is 6.96. The van der Waals surface area contributed by atoms with Crippen LogP contribution in [0.25, 0.3) is 0 Å². The predicted molar refractivity (Wildman–Crippen MR) is 114 cm³/mol. The van der Waals surface area contributed by atoms with Crippen LogP contribution in [0, 0.1) is 11.3 Å². The SMILES string of the molecule is CC(C)OC(=O)C[C@H](NCC(CC1CC1)N1C(=O)CC(C)(C)C1=O)c1ccccc1. The van der Waals surface area contributed by atoms with E-state index in [2.05, 4.69) is 5.32 Å². The summed E-state index contributed by atoms with van der Waals surface area (Å²) in [6, 6.07) is 9.35. The summed E-state index contributed by atoms with van der Waals surface area (Å²) in [5, 5.41) is 3.47. The first-order valence-electron chi connectivity index (χ1n) is 11.0. The lowest BCUT2D eigenvalue weighted by Gasteiger charge is -2.30. The molecule has 0 bridgehead atoms. The average molecular weight is 415 g/mol. The summed E-state index contributed by atoms with van der Waals surface area (Å²) in [7, 11) is 0. The Bertz CT molecular complexity index is 771. The van der Waals surface area contributed by atoms with Gasteiger partial charge in [-0.05, 0) is 31.7 Å². The summed E-state index contributed by atoms with van der Waals surface area (Å²) in [5.41, 5.74) is 0.349. The van der Waals surface area contributed by atoms with Crippen LogP contribution in [0.2, 0.25) is 0 Å². The number of hydrogen-bond donors (Lipinski definition) is 1. The van der Waals surface area contributed by atoms with Crippen LogP contribution in [0.15, 0.2) is 30.3 Å². The van der Waals surface area contributed by atoms with Crippen LogP contribution >= 0.6 is 0 Å². The molecule has 0 radical (unpaired) electrons. The van der Waals surface area contributed by atoms with Crippen LogP contribution in [-0.4, -0.2) is 41.4 Å². The van der Waals surface area contributed by atoms with E-state index in [1.54, 1.807) is 0 Å². The fourth-order valence-corrected chi connectivity index (χ4v) is 4.12. The van der Waals surface area contributed by atoms with Crippen molar-refractivity contribution in [3.8, 4) is 0 Å². The number of amides is 2. The first kappa shape index (κ1) is 22.5. The molecule has 3 rings (SSSR count). The van der Waals surface area contributed by atoms with Gasteiger partial charge < -0.3 is 10.1 Å². The van der Waals surface area contributed by atoms with Crippen LogP contribution in [0.1, 0.15) is 71.4 Å². The van der Waals surface area contributed by atoms with Crippen molar-refractivity contribution >= 4 is 17.8 Å². The van der Waals surface area contributed by atoms with Gasteiger partial charge in [0, 0.05) is 19.0 Å². The van der Waals surface area contributed by atoms with Gasteiger partial charge in [-0.15, -0.1) is 0 Å². The third-order valence-corrected chi connectivity index (χ3v) is 5.87. The molecule has 2 aliphatic rings. The molecule has 30 heavy (non-hydrogen) atoms. The minimum atomic E-state index is -0.640. The highest BCUT2D eigenvalue weighted by atomic mass is 16.5. The van der Waals surface area contributed by atoms with Crippen molar-refractivity contribution in [1.29, 1.82) is 0 Å². The molecule has 2 atom stereocenters. The fourth-order valence-electron chi connectivity index (χ4n) is 4.12. The number of rotatable bonds is 10. The zero-order chi connectivity index (χ0) is 21.9. The molecule has 1 saturated carbocycles. The second kappa shape index (κ2) is 9.29. The number of likely N-dealkylation sites (tertiary alicyclic amines) is 1. The molecule has 1 aromatic rings. The van der Waals surface area contributed by atoms with Gasteiger partial charge in [-0.1, -0.05) is 57.0 Å². The van der Waals surface area contributed by atoms with Gasteiger partial charge in [0.05, 0.1) is 24.0 Å². The minimum Gasteiger partial charge on any atom is -0.463 e. The zero-order valence-electron chi connectivity index (χ0n) is 18.5. The maximum absolute atomic E-state index is 12.9. The van der Waals surface area contributed by atoms with Crippen molar-refractivity contribution in [2.75, 3.05) is 6.54 Å². The summed E-state index contributed by atoms with van der Waals surface area (Å²) >= 11 is 0. The summed E-state index contributed by atoms with van der Waals surface area (Å²) in [6.07, 6.45) is 3.41. The molecule has 164 valence electrons. The molecule has 0 aromatic heterocycles. The summed E-state index contributed by atoms with van der Waals surface area (Å²) in [5.74, 6) is 0.130. The van der Waals surface area contributed by atoms with Crippen LogP contribution in [0.4, 0.5) is 0 Å². The number of carbonyl (C=O) groups is 3. The number of esters is 1. The van der Waals surface area contributed by atoms with E-state index in [-0.39, 0.29) is 48.8 Å². The number of hydrogen-bond acceptors (Lipinski definition) is 5. The summed E-state index contributed by atoms with van der Waals surface area (Å²) < 4.78 is 5.35. The van der Waals surface area contributed by atoms with Crippen molar-refractivity contribution in [2.24, 2.45) is 11.3 Å².